The first-order chi connectivity index (χ1) is 14.7. The molecule has 154 valence electrons. The zero-order valence-corrected chi connectivity index (χ0v) is 19.2. The van der Waals surface area contributed by atoms with E-state index in [2.05, 4.69) is 31.0 Å². The van der Waals surface area contributed by atoms with E-state index < -0.39 is 0 Å². The molecular formula is C24H25N3OS2. The number of thioether (sulfide) groups is 1. The lowest BCUT2D eigenvalue weighted by Gasteiger charge is -2.21. The van der Waals surface area contributed by atoms with Crippen LogP contribution in [0.2, 0.25) is 0 Å². The summed E-state index contributed by atoms with van der Waals surface area (Å²) in [5, 5.41) is 2.33. The number of pyridine rings is 1. The van der Waals surface area contributed by atoms with E-state index in [0.29, 0.717) is 5.92 Å². The highest BCUT2D eigenvalue weighted by Gasteiger charge is 2.24. The van der Waals surface area contributed by atoms with E-state index in [1.54, 1.807) is 36.5 Å². The highest BCUT2D eigenvalue weighted by molar-refractivity contribution is 7.98. The Bertz CT molecular complexity index is 1220. The van der Waals surface area contributed by atoms with Gasteiger partial charge in [-0.15, -0.1) is 23.1 Å². The number of hydrogen-bond acceptors (Lipinski definition) is 6. The predicted octanol–water partition coefficient (Wildman–Crippen LogP) is 6.54. The largest absolute Gasteiger partial charge is 0.497 e. The van der Waals surface area contributed by atoms with Crippen LogP contribution in [-0.2, 0) is 18.6 Å². The van der Waals surface area contributed by atoms with Crippen molar-refractivity contribution in [1.29, 1.82) is 0 Å². The zero-order valence-electron chi connectivity index (χ0n) is 17.6. The quantitative estimate of drug-likeness (QED) is 0.263. The number of aryl methyl sites for hydroxylation is 1. The van der Waals surface area contributed by atoms with Crippen molar-refractivity contribution in [2.45, 2.75) is 56.2 Å². The maximum absolute atomic E-state index is 5.26. The van der Waals surface area contributed by atoms with Gasteiger partial charge in [0.25, 0.3) is 0 Å². The summed E-state index contributed by atoms with van der Waals surface area (Å²) < 4.78 is 6.44. The fraction of sp³-hybridized carbons (Fsp3) is 0.375. The Labute approximate surface area is 185 Å². The van der Waals surface area contributed by atoms with Crippen LogP contribution in [0.4, 0.5) is 0 Å². The van der Waals surface area contributed by atoms with Crippen molar-refractivity contribution in [2.24, 2.45) is 0 Å². The van der Waals surface area contributed by atoms with Crippen LogP contribution in [0.25, 0.3) is 20.4 Å². The summed E-state index contributed by atoms with van der Waals surface area (Å²) in [6, 6.07) is 8.24. The molecule has 0 atom stereocenters. The van der Waals surface area contributed by atoms with E-state index in [9.17, 15) is 0 Å². The number of fused-ring (bicyclic) bond motifs is 5. The van der Waals surface area contributed by atoms with Crippen LogP contribution in [0.5, 0.6) is 5.75 Å². The average Bonchev–Trinajstić information content (AvgIpc) is 3.17. The molecule has 0 amide bonds. The first-order valence-electron chi connectivity index (χ1n) is 10.5. The number of ether oxygens (including phenoxy) is 1. The summed E-state index contributed by atoms with van der Waals surface area (Å²) in [4.78, 5) is 15.6. The van der Waals surface area contributed by atoms with Gasteiger partial charge in [0.1, 0.15) is 21.9 Å². The number of rotatable bonds is 5. The second-order valence-electron chi connectivity index (χ2n) is 8.09. The van der Waals surface area contributed by atoms with Crippen molar-refractivity contribution in [3.8, 4) is 5.75 Å². The Morgan fingerprint density at radius 1 is 1.07 bits per heavy atom. The molecule has 0 radical (unpaired) electrons. The summed E-state index contributed by atoms with van der Waals surface area (Å²) in [5.74, 6) is 2.20. The molecule has 0 bridgehead atoms. The Balaban J connectivity index is 1.58. The van der Waals surface area contributed by atoms with Gasteiger partial charge < -0.3 is 4.74 Å². The van der Waals surface area contributed by atoms with Crippen LogP contribution in [0, 0.1) is 0 Å². The van der Waals surface area contributed by atoms with Gasteiger partial charge in [-0.25, -0.2) is 15.0 Å². The van der Waals surface area contributed by atoms with Crippen LogP contribution in [0.15, 0.2) is 35.6 Å². The van der Waals surface area contributed by atoms with Crippen molar-refractivity contribution >= 4 is 43.5 Å². The minimum Gasteiger partial charge on any atom is -0.497 e. The lowest BCUT2D eigenvalue weighted by atomic mass is 9.86. The molecule has 1 aliphatic carbocycles. The first-order valence-corrected chi connectivity index (χ1v) is 12.3. The minimum absolute atomic E-state index is 0.446. The highest BCUT2D eigenvalue weighted by Crippen LogP contribution is 2.42. The fourth-order valence-electron chi connectivity index (χ4n) is 4.32. The molecular weight excluding hydrogens is 410 g/mol. The van der Waals surface area contributed by atoms with E-state index in [-0.39, 0.29) is 0 Å². The summed E-state index contributed by atoms with van der Waals surface area (Å²) >= 11 is 3.53. The number of thiophene rings is 1. The lowest BCUT2D eigenvalue weighted by Crippen LogP contribution is -2.10. The summed E-state index contributed by atoms with van der Waals surface area (Å²) in [6.07, 6.45) is 6.52. The molecule has 1 aliphatic rings. The SMILES string of the molecule is COc1ccc(CSc2ncnc3c2sc2nc(C(C)C)c4c(c23)CCCC4)cc1. The van der Waals surface area contributed by atoms with E-state index in [0.717, 1.165) is 39.7 Å². The average molecular weight is 436 g/mol. The number of methoxy groups -OCH3 is 1. The molecule has 0 saturated carbocycles. The van der Waals surface area contributed by atoms with Crippen LogP contribution in [0.1, 0.15) is 55.0 Å². The van der Waals surface area contributed by atoms with Gasteiger partial charge in [0.05, 0.1) is 17.3 Å². The third kappa shape index (κ3) is 3.46. The van der Waals surface area contributed by atoms with Gasteiger partial charge in [-0.1, -0.05) is 26.0 Å². The van der Waals surface area contributed by atoms with Gasteiger partial charge in [-0.2, -0.15) is 0 Å². The number of benzene rings is 1. The molecule has 30 heavy (non-hydrogen) atoms. The van der Waals surface area contributed by atoms with E-state index in [1.165, 1.54) is 45.3 Å². The highest BCUT2D eigenvalue weighted by atomic mass is 32.2. The molecule has 3 heterocycles. The number of hydrogen-bond donors (Lipinski definition) is 0. The maximum atomic E-state index is 5.26. The van der Waals surface area contributed by atoms with Crippen molar-refractivity contribution < 1.29 is 4.74 Å². The third-order valence-corrected chi connectivity index (χ3v) is 8.07. The Morgan fingerprint density at radius 2 is 1.83 bits per heavy atom. The van der Waals surface area contributed by atoms with Gasteiger partial charge in [0.2, 0.25) is 0 Å². The standard InChI is InChI=1S/C24H25N3OS2/c1-14(2)20-18-7-5-4-6-17(18)19-21-22(30-23(19)27-20)24(26-13-25-21)29-12-15-8-10-16(28-3)11-9-15/h8-11,13-14H,4-7,12H2,1-3H3. The predicted molar refractivity (Wildman–Crippen MR) is 126 cm³/mol. The molecule has 0 N–H and O–H groups in total. The molecule has 4 aromatic rings. The molecule has 4 nitrogen and oxygen atoms in total. The molecule has 1 aromatic carbocycles. The molecule has 0 saturated heterocycles. The van der Waals surface area contributed by atoms with E-state index in [1.807, 2.05) is 12.1 Å². The van der Waals surface area contributed by atoms with Gasteiger partial charge >= 0.3 is 0 Å². The Hall–Kier alpha value is -2.18. The Morgan fingerprint density at radius 3 is 2.57 bits per heavy atom. The van der Waals surface area contributed by atoms with Crippen LogP contribution in [0.3, 0.4) is 0 Å². The first kappa shape index (κ1) is 19.8. The smallest absolute Gasteiger partial charge is 0.126 e. The Kier molecular flexibility index (Phi) is 5.37. The van der Waals surface area contributed by atoms with Crippen molar-refractivity contribution in [1.82, 2.24) is 15.0 Å². The lowest BCUT2D eigenvalue weighted by molar-refractivity contribution is 0.414. The number of aromatic nitrogens is 3. The van der Waals surface area contributed by atoms with Gasteiger partial charge in [0.15, 0.2) is 0 Å². The van der Waals surface area contributed by atoms with Gasteiger partial charge in [-0.05, 0) is 60.4 Å². The fourth-order valence-corrected chi connectivity index (χ4v) is 6.52. The summed E-state index contributed by atoms with van der Waals surface area (Å²) in [5.41, 5.74) is 6.60. The van der Waals surface area contributed by atoms with Crippen molar-refractivity contribution in [3.05, 3.63) is 53.0 Å². The second-order valence-corrected chi connectivity index (χ2v) is 10.1. The van der Waals surface area contributed by atoms with Crippen LogP contribution >= 0.6 is 23.1 Å². The number of nitrogens with zero attached hydrogens (tertiary/aromatic N) is 3. The molecule has 0 unspecified atom stereocenters. The van der Waals surface area contributed by atoms with Crippen molar-refractivity contribution in [3.63, 3.8) is 0 Å². The van der Waals surface area contributed by atoms with Crippen molar-refractivity contribution in [2.75, 3.05) is 7.11 Å². The topological polar surface area (TPSA) is 47.9 Å². The second kappa shape index (κ2) is 8.16. The van der Waals surface area contributed by atoms with Crippen LogP contribution < -0.4 is 4.74 Å². The summed E-state index contributed by atoms with van der Waals surface area (Å²) in [7, 11) is 1.69. The van der Waals surface area contributed by atoms with E-state index >= 15 is 0 Å². The molecule has 0 fully saturated rings. The molecule has 3 aromatic heterocycles. The molecule has 5 rings (SSSR count). The zero-order chi connectivity index (χ0) is 20.7. The normalized spacial score (nSPS) is 13.9. The van der Waals surface area contributed by atoms with Gasteiger partial charge in [-0.3, -0.25) is 0 Å². The third-order valence-electron chi connectivity index (χ3n) is 5.80. The van der Waals surface area contributed by atoms with E-state index in [4.69, 9.17) is 14.7 Å². The minimum atomic E-state index is 0.446. The molecule has 0 spiro atoms. The van der Waals surface area contributed by atoms with Gasteiger partial charge in [0, 0.05) is 16.8 Å². The monoisotopic (exact) mass is 435 g/mol. The maximum Gasteiger partial charge on any atom is 0.126 e. The summed E-state index contributed by atoms with van der Waals surface area (Å²) in [6.45, 7) is 4.51. The molecule has 6 heteroatoms. The molecule has 0 aliphatic heterocycles. The van der Waals surface area contributed by atoms with Crippen LogP contribution in [-0.4, -0.2) is 22.1 Å².